The number of phenols is 1. The Kier molecular flexibility index (Phi) is 6.75. The van der Waals surface area contributed by atoms with E-state index in [9.17, 15) is 9.90 Å². The molecule has 0 bridgehead atoms. The second-order valence-corrected chi connectivity index (χ2v) is 8.43. The van der Waals surface area contributed by atoms with Crippen molar-refractivity contribution in [3.05, 3.63) is 107 Å². The minimum atomic E-state index is 0.0456. The van der Waals surface area contributed by atoms with E-state index in [0.717, 1.165) is 31.5 Å². The zero-order valence-corrected chi connectivity index (χ0v) is 18.9. The molecule has 3 aromatic rings. The van der Waals surface area contributed by atoms with Crippen LogP contribution in [0.1, 0.15) is 59.9 Å². The summed E-state index contributed by atoms with van der Waals surface area (Å²) in [7, 11) is 0. The Morgan fingerprint density at radius 3 is 2.38 bits per heavy atom. The topological polar surface area (TPSA) is 40.5 Å². The van der Waals surface area contributed by atoms with Gasteiger partial charge in [0.05, 0.1) is 0 Å². The Bertz CT molecular complexity index is 1080. The molecule has 0 aliphatic heterocycles. The van der Waals surface area contributed by atoms with Crippen LogP contribution in [-0.2, 0) is 11.2 Å². The second-order valence-electron chi connectivity index (χ2n) is 8.43. The Morgan fingerprint density at radius 1 is 0.969 bits per heavy atom. The smallest absolute Gasteiger partial charge is 0.246 e. The van der Waals surface area contributed by atoms with Crippen LogP contribution in [0.2, 0.25) is 0 Å². The standard InChI is InChI=1S/C29H31NO2/c1-3-30(4-2)28(32)19-12-21-10-13-23(14-11-21)29-26(22-8-6-5-7-9-22)17-15-24-20-25(31)16-18-27(24)29/h5-14,16,18-20,26,29,31H,3-4,15,17H2,1-2H3. The third-order valence-electron chi connectivity index (χ3n) is 6.61. The second kappa shape index (κ2) is 9.86. The van der Waals surface area contributed by atoms with Gasteiger partial charge >= 0.3 is 0 Å². The molecule has 1 aliphatic carbocycles. The highest BCUT2D eigenvalue weighted by Crippen LogP contribution is 2.46. The van der Waals surface area contributed by atoms with Crippen LogP contribution in [0.15, 0.2) is 78.9 Å². The number of rotatable bonds is 6. The van der Waals surface area contributed by atoms with Crippen LogP contribution >= 0.6 is 0 Å². The molecule has 0 saturated heterocycles. The van der Waals surface area contributed by atoms with Crippen molar-refractivity contribution in [2.75, 3.05) is 13.1 Å². The zero-order chi connectivity index (χ0) is 22.5. The minimum Gasteiger partial charge on any atom is -0.508 e. The van der Waals surface area contributed by atoms with Gasteiger partial charge in [0.1, 0.15) is 5.75 Å². The largest absolute Gasteiger partial charge is 0.508 e. The summed E-state index contributed by atoms with van der Waals surface area (Å²) >= 11 is 0. The minimum absolute atomic E-state index is 0.0456. The first-order chi connectivity index (χ1) is 15.6. The summed E-state index contributed by atoms with van der Waals surface area (Å²) in [6.07, 6.45) is 5.57. The third kappa shape index (κ3) is 4.62. The fourth-order valence-electron chi connectivity index (χ4n) is 4.90. The first kappa shape index (κ1) is 21.9. The molecule has 3 nitrogen and oxygen atoms in total. The van der Waals surface area contributed by atoms with Crippen molar-refractivity contribution < 1.29 is 9.90 Å². The number of amides is 1. The number of benzene rings is 3. The number of hydrogen-bond donors (Lipinski definition) is 1. The third-order valence-corrected chi connectivity index (χ3v) is 6.61. The van der Waals surface area contributed by atoms with Gasteiger partial charge in [-0.05, 0) is 78.6 Å². The highest BCUT2D eigenvalue weighted by molar-refractivity contribution is 5.91. The summed E-state index contributed by atoms with van der Waals surface area (Å²) in [6, 6.07) is 25.1. The summed E-state index contributed by atoms with van der Waals surface area (Å²) in [5, 5.41) is 10.0. The number of aromatic hydroxyl groups is 1. The molecule has 164 valence electrons. The van der Waals surface area contributed by atoms with Crippen molar-refractivity contribution in [2.45, 2.75) is 38.5 Å². The predicted octanol–water partition coefficient (Wildman–Crippen LogP) is 6.14. The van der Waals surface area contributed by atoms with Gasteiger partial charge in [0.2, 0.25) is 5.91 Å². The number of phenolic OH excluding ortho intramolecular Hbond substituents is 1. The predicted molar refractivity (Wildman–Crippen MR) is 131 cm³/mol. The molecular weight excluding hydrogens is 394 g/mol. The van der Waals surface area contributed by atoms with Gasteiger partial charge in [0.25, 0.3) is 0 Å². The van der Waals surface area contributed by atoms with Crippen molar-refractivity contribution >= 4 is 12.0 Å². The highest BCUT2D eigenvalue weighted by Gasteiger charge is 2.32. The van der Waals surface area contributed by atoms with Crippen molar-refractivity contribution in [2.24, 2.45) is 0 Å². The molecule has 1 aliphatic rings. The summed E-state index contributed by atoms with van der Waals surface area (Å²) < 4.78 is 0. The summed E-state index contributed by atoms with van der Waals surface area (Å²) in [4.78, 5) is 14.1. The van der Waals surface area contributed by atoms with E-state index < -0.39 is 0 Å². The first-order valence-electron chi connectivity index (χ1n) is 11.5. The van der Waals surface area contributed by atoms with Crippen LogP contribution in [0.5, 0.6) is 5.75 Å². The fraction of sp³-hybridized carbons (Fsp3) is 0.276. The van der Waals surface area contributed by atoms with Crippen LogP contribution < -0.4 is 0 Å². The quantitative estimate of drug-likeness (QED) is 0.482. The normalized spacial score (nSPS) is 17.8. The van der Waals surface area contributed by atoms with Crippen LogP contribution in [0.25, 0.3) is 6.08 Å². The lowest BCUT2D eigenvalue weighted by atomic mass is 9.69. The molecule has 0 heterocycles. The molecule has 1 amide bonds. The molecule has 0 aromatic heterocycles. The first-order valence-corrected chi connectivity index (χ1v) is 11.5. The van der Waals surface area contributed by atoms with Crippen LogP contribution in [0, 0.1) is 0 Å². The Hall–Kier alpha value is -3.33. The molecule has 1 N–H and O–H groups in total. The van der Waals surface area contributed by atoms with E-state index in [1.807, 2.05) is 30.9 Å². The van der Waals surface area contributed by atoms with Gasteiger partial charge in [0.15, 0.2) is 0 Å². The molecule has 3 aromatic carbocycles. The van der Waals surface area contributed by atoms with E-state index in [1.165, 1.54) is 22.3 Å². The van der Waals surface area contributed by atoms with Gasteiger partial charge < -0.3 is 10.0 Å². The number of likely N-dealkylation sites (N-methyl/N-ethyl adjacent to an activating group) is 1. The molecule has 2 atom stereocenters. The average molecular weight is 426 g/mol. The SMILES string of the molecule is CCN(CC)C(=O)C=Cc1ccc(C2c3ccc(O)cc3CCC2c2ccccc2)cc1. The lowest BCUT2D eigenvalue weighted by Crippen LogP contribution is -2.28. The van der Waals surface area contributed by atoms with Gasteiger partial charge in [-0.3, -0.25) is 4.79 Å². The van der Waals surface area contributed by atoms with E-state index >= 15 is 0 Å². The van der Waals surface area contributed by atoms with Crippen LogP contribution in [0.3, 0.4) is 0 Å². The van der Waals surface area contributed by atoms with Gasteiger partial charge in [-0.25, -0.2) is 0 Å². The lowest BCUT2D eigenvalue weighted by Gasteiger charge is -2.34. The molecule has 4 rings (SSSR count). The van der Waals surface area contributed by atoms with Gasteiger partial charge in [0, 0.05) is 25.1 Å². The Balaban J connectivity index is 1.65. The van der Waals surface area contributed by atoms with E-state index in [4.69, 9.17) is 0 Å². The van der Waals surface area contributed by atoms with Crippen LogP contribution in [-0.4, -0.2) is 29.0 Å². The summed E-state index contributed by atoms with van der Waals surface area (Å²) in [5.41, 5.74) is 6.16. The van der Waals surface area contributed by atoms with Crippen molar-refractivity contribution in [3.8, 4) is 5.75 Å². The van der Waals surface area contributed by atoms with Gasteiger partial charge in [-0.1, -0.05) is 60.7 Å². The van der Waals surface area contributed by atoms with E-state index in [2.05, 4.69) is 60.7 Å². The number of carbonyl (C=O) groups excluding carboxylic acids is 1. The number of hydrogen-bond acceptors (Lipinski definition) is 2. The van der Waals surface area contributed by atoms with E-state index in [0.29, 0.717) is 11.7 Å². The Morgan fingerprint density at radius 2 is 1.69 bits per heavy atom. The molecular formula is C29H31NO2. The maximum atomic E-state index is 12.3. The number of aryl methyl sites for hydroxylation is 1. The fourth-order valence-corrected chi connectivity index (χ4v) is 4.90. The monoisotopic (exact) mass is 425 g/mol. The molecule has 2 unspecified atom stereocenters. The summed E-state index contributed by atoms with van der Waals surface area (Å²) in [6.45, 7) is 5.43. The number of fused-ring (bicyclic) bond motifs is 1. The molecule has 3 heteroatoms. The van der Waals surface area contributed by atoms with Crippen molar-refractivity contribution in [3.63, 3.8) is 0 Å². The molecule has 0 saturated carbocycles. The maximum Gasteiger partial charge on any atom is 0.246 e. The van der Waals surface area contributed by atoms with Crippen molar-refractivity contribution in [1.29, 1.82) is 0 Å². The lowest BCUT2D eigenvalue weighted by molar-refractivity contribution is -0.125. The number of carbonyl (C=O) groups is 1. The maximum absolute atomic E-state index is 12.3. The Labute approximate surface area is 191 Å². The van der Waals surface area contributed by atoms with Crippen LogP contribution in [0.4, 0.5) is 0 Å². The molecule has 32 heavy (non-hydrogen) atoms. The van der Waals surface area contributed by atoms with Crippen molar-refractivity contribution in [1.82, 2.24) is 4.90 Å². The van der Waals surface area contributed by atoms with Gasteiger partial charge in [-0.15, -0.1) is 0 Å². The molecule has 0 spiro atoms. The van der Waals surface area contributed by atoms with Gasteiger partial charge in [-0.2, -0.15) is 0 Å². The average Bonchev–Trinajstić information content (AvgIpc) is 2.83. The molecule has 0 radical (unpaired) electrons. The van der Waals surface area contributed by atoms with E-state index in [-0.39, 0.29) is 11.8 Å². The highest BCUT2D eigenvalue weighted by atomic mass is 16.3. The molecule has 0 fully saturated rings. The van der Waals surface area contributed by atoms with E-state index in [1.54, 1.807) is 12.1 Å². The number of nitrogens with zero attached hydrogens (tertiary/aromatic N) is 1. The summed E-state index contributed by atoms with van der Waals surface area (Å²) in [5.74, 6) is 0.999. The zero-order valence-electron chi connectivity index (χ0n) is 18.9.